The van der Waals surface area contributed by atoms with E-state index in [1.165, 1.54) is 6.26 Å². The molecule has 5 nitrogen and oxygen atoms in total. The molecule has 1 aromatic carbocycles. The first kappa shape index (κ1) is 15.3. The van der Waals surface area contributed by atoms with E-state index < -0.39 is 0 Å². The largest absolute Gasteiger partial charge is 0.459 e. The summed E-state index contributed by atoms with van der Waals surface area (Å²) in [5.41, 5.74) is 1.82. The Morgan fingerprint density at radius 3 is 2.87 bits per heavy atom. The van der Waals surface area contributed by atoms with Crippen LogP contribution in [0.5, 0.6) is 0 Å². The monoisotopic (exact) mass is 309 g/mol. The molecule has 1 aliphatic rings. The summed E-state index contributed by atoms with van der Waals surface area (Å²) in [5, 5.41) is 8.98. The van der Waals surface area contributed by atoms with Crippen molar-refractivity contribution in [3.8, 4) is 6.07 Å². The molecule has 2 aromatic rings. The molecule has 0 spiro atoms. The molecule has 3 rings (SSSR count). The lowest BCUT2D eigenvalue weighted by Gasteiger charge is -2.21. The third-order valence-electron chi connectivity index (χ3n) is 4.07. The summed E-state index contributed by atoms with van der Waals surface area (Å²) in [6.07, 6.45) is 2.46. The van der Waals surface area contributed by atoms with Crippen LogP contribution in [0.25, 0.3) is 0 Å². The first-order valence-electron chi connectivity index (χ1n) is 7.80. The minimum absolute atomic E-state index is 0.0386. The molecule has 1 aliphatic heterocycles. The zero-order valence-corrected chi connectivity index (χ0v) is 12.9. The lowest BCUT2D eigenvalue weighted by atomic mass is 10.1. The van der Waals surface area contributed by atoms with Crippen molar-refractivity contribution in [1.82, 2.24) is 9.80 Å². The number of amides is 1. The van der Waals surface area contributed by atoms with Crippen LogP contribution in [0.15, 0.2) is 47.1 Å². The van der Waals surface area contributed by atoms with Crippen molar-refractivity contribution in [2.24, 2.45) is 0 Å². The van der Waals surface area contributed by atoms with E-state index in [1.54, 1.807) is 12.1 Å². The second-order valence-electron chi connectivity index (χ2n) is 5.71. The van der Waals surface area contributed by atoms with E-state index in [9.17, 15) is 4.79 Å². The summed E-state index contributed by atoms with van der Waals surface area (Å²) < 4.78 is 5.20. The number of nitriles is 1. The zero-order valence-electron chi connectivity index (χ0n) is 12.9. The number of furan rings is 1. The quantitative estimate of drug-likeness (QED) is 0.874. The van der Waals surface area contributed by atoms with E-state index in [2.05, 4.69) is 11.0 Å². The topological polar surface area (TPSA) is 60.5 Å². The molecule has 0 radical (unpaired) electrons. The third kappa shape index (κ3) is 3.79. The highest BCUT2D eigenvalue weighted by atomic mass is 16.3. The Morgan fingerprint density at radius 1 is 1.17 bits per heavy atom. The van der Waals surface area contributed by atoms with Gasteiger partial charge in [-0.1, -0.05) is 12.1 Å². The van der Waals surface area contributed by atoms with Gasteiger partial charge >= 0.3 is 0 Å². The molecule has 2 heterocycles. The summed E-state index contributed by atoms with van der Waals surface area (Å²) in [6, 6.07) is 13.3. The van der Waals surface area contributed by atoms with Gasteiger partial charge < -0.3 is 9.32 Å². The standard InChI is InChI=1S/C18H19N3O2/c19-13-15-4-1-5-16(12-15)14-20-7-3-8-21(10-9-20)18(22)17-6-2-11-23-17/h1-2,4-6,11-12H,3,7-10,14H2. The van der Waals surface area contributed by atoms with Crippen LogP contribution >= 0.6 is 0 Å². The van der Waals surface area contributed by atoms with Gasteiger partial charge in [0.1, 0.15) is 0 Å². The van der Waals surface area contributed by atoms with Gasteiger partial charge in [-0.3, -0.25) is 9.69 Å². The fourth-order valence-electron chi connectivity index (χ4n) is 2.89. The van der Waals surface area contributed by atoms with E-state index >= 15 is 0 Å². The van der Waals surface area contributed by atoms with Crippen LogP contribution in [0.2, 0.25) is 0 Å². The minimum atomic E-state index is -0.0386. The first-order chi connectivity index (χ1) is 11.3. The molecular weight excluding hydrogens is 290 g/mol. The van der Waals surface area contributed by atoms with Gasteiger partial charge in [-0.25, -0.2) is 0 Å². The summed E-state index contributed by atoms with van der Waals surface area (Å²) in [4.78, 5) is 16.5. The molecule has 1 fully saturated rings. The van der Waals surface area contributed by atoms with E-state index in [0.717, 1.165) is 38.2 Å². The molecule has 0 unspecified atom stereocenters. The van der Waals surface area contributed by atoms with Crippen LogP contribution in [0.1, 0.15) is 28.1 Å². The number of hydrogen-bond acceptors (Lipinski definition) is 4. The molecule has 23 heavy (non-hydrogen) atoms. The molecule has 0 aliphatic carbocycles. The normalized spacial score (nSPS) is 15.9. The fourth-order valence-corrected chi connectivity index (χ4v) is 2.89. The van der Waals surface area contributed by atoms with Crippen LogP contribution < -0.4 is 0 Å². The van der Waals surface area contributed by atoms with Crippen molar-refractivity contribution < 1.29 is 9.21 Å². The van der Waals surface area contributed by atoms with Crippen molar-refractivity contribution in [2.45, 2.75) is 13.0 Å². The molecule has 1 aromatic heterocycles. The Balaban J connectivity index is 1.60. The molecule has 0 saturated carbocycles. The number of benzene rings is 1. The SMILES string of the molecule is N#Cc1cccc(CN2CCCN(C(=O)c3ccco3)CC2)c1. The van der Waals surface area contributed by atoms with Gasteiger partial charge in [-0.15, -0.1) is 0 Å². The average Bonchev–Trinajstić information content (AvgIpc) is 3.02. The summed E-state index contributed by atoms with van der Waals surface area (Å²) in [7, 11) is 0. The van der Waals surface area contributed by atoms with Gasteiger partial charge in [0.05, 0.1) is 17.9 Å². The van der Waals surface area contributed by atoms with Crippen molar-refractivity contribution >= 4 is 5.91 Å². The van der Waals surface area contributed by atoms with Crippen molar-refractivity contribution in [1.29, 1.82) is 5.26 Å². The van der Waals surface area contributed by atoms with Gasteiger partial charge in [0.15, 0.2) is 5.76 Å². The predicted molar refractivity (Wildman–Crippen MR) is 85.7 cm³/mol. The van der Waals surface area contributed by atoms with Gasteiger partial charge in [-0.05, 0) is 36.2 Å². The summed E-state index contributed by atoms with van der Waals surface area (Å²) in [6.45, 7) is 4.01. The fraction of sp³-hybridized carbons (Fsp3) is 0.333. The van der Waals surface area contributed by atoms with Gasteiger partial charge in [-0.2, -0.15) is 5.26 Å². The van der Waals surface area contributed by atoms with E-state index in [-0.39, 0.29) is 5.91 Å². The van der Waals surface area contributed by atoms with Crippen LogP contribution in [0.4, 0.5) is 0 Å². The predicted octanol–water partition coefficient (Wildman–Crippen LogP) is 2.50. The molecule has 118 valence electrons. The van der Waals surface area contributed by atoms with Gasteiger partial charge in [0.2, 0.25) is 0 Å². The van der Waals surface area contributed by atoms with Crippen molar-refractivity contribution in [3.63, 3.8) is 0 Å². The third-order valence-corrected chi connectivity index (χ3v) is 4.07. The highest BCUT2D eigenvalue weighted by molar-refractivity contribution is 5.91. The number of carbonyl (C=O) groups excluding carboxylic acids is 1. The van der Waals surface area contributed by atoms with Gasteiger partial charge in [0.25, 0.3) is 5.91 Å². The van der Waals surface area contributed by atoms with Crippen LogP contribution in [0, 0.1) is 11.3 Å². The Bertz CT molecular complexity index is 703. The highest BCUT2D eigenvalue weighted by Gasteiger charge is 2.21. The maximum atomic E-state index is 12.3. The summed E-state index contributed by atoms with van der Waals surface area (Å²) >= 11 is 0. The second kappa shape index (κ2) is 7.12. The van der Waals surface area contributed by atoms with E-state index in [4.69, 9.17) is 9.68 Å². The van der Waals surface area contributed by atoms with E-state index in [1.807, 2.05) is 29.2 Å². The lowest BCUT2D eigenvalue weighted by Crippen LogP contribution is -2.34. The highest BCUT2D eigenvalue weighted by Crippen LogP contribution is 2.13. The van der Waals surface area contributed by atoms with Crippen LogP contribution in [-0.2, 0) is 6.54 Å². The Labute approximate surface area is 135 Å². The average molecular weight is 309 g/mol. The Kier molecular flexibility index (Phi) is 4.74. The zero-order chi connectivity index (χ0) is 16.1. The smallest absolute Gasteiger partial charge is 0.289 e. The Morgan fingerprint density at radius 2 is 2.09 bits per heavy atom. The molecule has 0 N–H and O–H groups in total. The molecular formula is C18H19N3O2. The maximum Gasteiger partial charge on any atom is 0.289 e. The number of hydrogen-bond donors (Lipinski definition) is 0. The lowest BCUT2D eigenvalue weighted by molar-refractivity contribution is 0.0729. The first-order valence-corrected chi connectivity index (χ1v) is 7.80. The molecule has 0 atom stereocenters. The second-order valence-corrected chi connectivity index (χ2v) is 5.71. The van der Waals surface area contributed by atoms with E-state index in [0.29, 0.717) is 17.9 Å². The number of carbonyl (C=O) groups is 1. The molecule has 1 saturated heterocycles. The number of rotatable bonds is 3. The maximum absolute atomic E-state index is 12.3. The summed E-state index contributed by atoms with van der Waals surface area (Å²) in [5.74, 6) is 0.364. The van der Waals surface area contributed by atoms with Crippen LogP contribution in [0.3, 0.4) is 0 Å². The Hall–Kier alpha value is -2.58. The van der Waals surface area contributed by atoms with Crippen molar-refractivity contribution in [2.75, 3.05) is 26.2 Å². The molecule has 1 amide bonds. The molecule has 5 heteroatoms. The number of nitrogens with zero attached hydrogens (tertiary/aromatic N) is 3. The van der Waals surface area contributed by atoms with Gasteiger partial charge in [0, 0.05) is 32.7 Å². The van der Waals surface area contributed by atoms with Crippen molar-refractivity contribution in [3.05, 3.63) is 59.5 Å². The van der Waals surface area contributed by atoms with Crippen LogP contribution in [-0.4, -0.2) is 41.9 Å². The molecule has 0 bridgehead atoms. The minimum Gasteiger partial charge on any atom is -0.459 e.